The summed E-state index contributed by atoms with van der Waals surface area (Å²) in [7, 11) is 1.18. The van der Waals surface area contributed by atoms with Crippen molar-refractivity contribution >= 4 is 50.6 Å². The Bertz CT molecular complexity index is 989. The summed E-state index contributed by atoms with van der Waals surface area (Å²) < 4.78 is 19.2. The number of halogens is 2. The molecule has 0 radical (unpaired) electrons. The lowest BCUT2D eigenvalue weighted by atomic mass is 10.2. The number of hydrogen-bond acceptors (Lipinski definition) is 4. The fourth-order valence-corrected chi connectivity index (χ4v) is 3.45. The Kier molecular flexibility index (Phi) is 5.88. The average Bonchev–Trinajstić information content (AvgIpc) is 3.15. The van der Waals surface area contributed by atoms with E-state index in [2.05, 4.69) is 31.3 Å². The third-order valence-corrected chi connectivity index (χ3v) is 5.27. The van der Waals surface area contributed by atoms with E-state index >= 15 is 0 Å². The summed E-state index contributed by atoms with van der Waals surface area (Å²) in [6, 6.07) is 15.3. The zero-order chi connectivity index (χ0) is 19.4. The number of carbonyl (C=O) groups is 2. The number of thiophene rings is 1. The third-order valence-electron chi connectivity index (χ3n) is 3.60. The molecule has 0 aliphatic heterocycles. The number of rotatable bonds is 4. The van der Waals surface area contributed by atoms with Crippen molar-refractivity contribution in [1.82, 2.24) is 0 Å². The van der Waals surface area contributed by atoms with Gasteiger partial charge < -0.3 is 10.1 Å². The van der Waals surface area contributed by atoms with Crippen molar-refractivity contribution in [3.05, 3.63) is 69.8 Å². The molecule has 0 unspecified atom stereocenters. The van der Waals surface area contributed by atoms with Gasteiger partial charge in [0.05, 0.1) is 17.7 Å². The molecule has 27 heavy (non-hydrogen) atoms. The molecule has 0 spiro atoms. The molecule has 3 aromatic rings. The lowest BCUT2D eigenvalue weighted by Gasteiger charge is -2.08. The number of nitrogens with one attached hydrogen (secondary N) is 2. The summed E-state index contributed by atoms with van der Waals surface area (Å²) in [5.41, 5.74) is 1.28. The van der Waals surface area contributed by atoms with Crippen LogP contribution in [0.3, 0.4) is 0 Å². The fourth-order valence-electron chi connectivity index (χ4n) is 2.28. The van der Waals surface area contributed by atoms with Crippen molar-refractivity contribution in [2.24, 2.45) is 0 Å². The summed E-state index contributed by atoms with van der Waals surface area (Å²) >= 11 is 4.74. The number of amides is 2. The first kappa shape index (κ1) is 19.1. The SMILES string of the molecule is COC(=O)Nc1cc(NC(=O)c2ccc(-c3ccc(Br)cc3)s2)ccc1F. The Morgan fingerprint density at radius 3 is 2.48 bits per heavy atom. The molecule has 2 N–H and O–H groups in total. The maximum atomic E-state index is 13.8. The van der Waals surface area contributed by atoms with Crippen LogP contribution >= 0.6 is 27.3 Å². The van der Waals surface area contributed by atoms with E-state index in [0.29, 0.717) is 10.6 Å². The maximum Gasteiger partial charge on any atom is 0.411 e. The predicted octanol–water partition coefficient (Wildman–Crippen LogP) is 5.75. The lowest BCUT2D eigenvalue weighted by molar-refractivity contribution is 0.103. The molecule has 3 rings (SSSR count). The molecule has 0 fully saturated rings. The van der Waals surface area contributed by atoms with E-state index in [4.69, 9.17) is 0 Å². The molecule has 0 aliphatic rings. The van der Waals surface area contributed by atoms with Gasteiger partial charge in [-0.1, -0.05) is 28.1 Å². The fraction of sp³-hybridized carbons (Fsp3) is 0.0526. The predicted molar refractivity (Wildman–Crippen MR) is 108 cm³/mol. The Hall–Kier alpha value is -2.71. The van der Waals surface area contributed by atoms with E-state index < -0.39 is 11.9 Å². The van der Waals surface area contributed by atoms with Crippen LogP contribution in [0.2, 0.25) is 0 Å². The van der Waals surface area contributed by atoms with E-state index in [1.54, 1.807) is 6.07 Å². The van der Waals surface area contributed by atoms with E-state index in [-0.39, 0.29) is 11.6 Å². The molecule has 2 amide bonds. The Balaban J connectivity index is 1.75. The van der Waals surface area contributed by atoms with Gasteiger partial charge in [0.1, 0.15) is 5.82 Å². The Labute approximate surface area is 167 Å². The van der Waals surface area contributed by atoms with Gasteiger partial charge in [-0.3, -0.25) is 10.1 Å². The van der Waals surface area contributed by atoms with Crippen LogP contribution in [0.15, 0.2) is 59.1 Å². The second-order valence-corrected chi connectivity index (χ2v) is 7.44. The summed E-state index contributed by atoms with van der Waals surface area (Å²) in [5, 5.41) is 4.95. The minimum Gasteiger partial charge on any atom is -0.453 e. The van der Waals surface area contributed by atoms with E-state index in [1.807, 2.05) is 30.3 Å². The number of methoxy groups -OCH3 is 1. The quantitative estimate of drug-likeness (QED) is 0.533. The van der Waals surface area contributed by atoms with E-state index in [9.17, 15) is 14.0 Å². The van der Waals surface area contributed by atoms with Gasteiger partial charge in [0, 0.05) is 15.0 Å². The van der Waals surface area contributed by atoms with Crippen LogP contribution in [-0.4, -0.2) is 19.1 Å². The highest BCUT2D eigenvalue weighted by atomic mass is 79.9. The minimum absolute atomic E-state index is 0.0821. The minimum atomic E-state index is -0.797. The molecule has 1 aromatic heterocycles. The van der Waals surface area contributed by atoms with E-state index in [0.717, 1.165) is 21.0 Å². The zero-order valence-corrected chi connectivity index (χ0v) is 16.5. The maximum absolute atomic E-state index is 13.8. The second-order valence-electron chi connectivity index (χ2n) is 5.44. The van der Waals surface area contributed by atoms with Crippen molar-refractivity contribution in [3.8, 4) is 10.4 Å². The first-order valence-corrected chi connectivity index (χ1v) is 9.39. The van der Waals surface area contributed by atoms with Gasteiger partial charge in [0.15, 0.2) is 0 Å². The molecule has 8 heteroatoms. The molecule has 0 atom stereocenters. The summed E-state index contributed by atoms with van der Waals surface area (Å²) in [4.78, 5) is 25.2. The molecule has 1 heterocycles. The molecule has 0 bridgehead atoms. The highest BCUT2D eigenvalue weighted by Gasteiger charge is 2.13. The molecule has 2 aromatic carbocycles. The van der Waals surface area contributed by atoms with Crippen molar-refractivity contribution in [1.29, 1.82) is 0 Å². The van der Waals surface area contributed by atoms with Crippen LogP contribution in [0.1, 0.15) is 9.67 Å². The molecule has 0 saturated heterocycles. The van der Waals surface area contributed by atoms with Crippen LogP contribution in [-0.2, 0) is 4.74 Å². The summed E-state index contributed by atoms with van der Waals surface area (Å²) in [5.74, 6) is -0.953. The number of anilines is 2. The standard InChI is InChI=1S/C19H14BrFN2O3S/c1-26-19(25)23-15-10-13(6-7-14(15)21)22-18(24)17-9-8-16(27-17)11-2-4-12(20)5-3-11/h2-10H,1H3,(H,22,24)(H,23,25). The van der Waals surface area contributed by atoms with Gasteiger partial charge in [-0.2, -0.15) is 0 Å². The molecule has 0 aliphatic carbocycles. The van der Waals surface area contributed by atoms with Crippen LogP contribution < -0.4 is 10.6 Å². The van der Waals surface area contributed by atoms with Gasteiger partial charge in [0.25, 0.3) is 5.91 Å². The number of ether oxygens (including phenoxy) is 1. The zero-order valence-electron chi connectivity index (χ0n) is 14.1. The van der Waals surface area contributed by atoms with Crippen LogP contribution in [0.25, 0.3) is 10.4 Å². The Morgan fingerprint density at radius 2 is 1.78 bits per heavy atom. The van der Waals surface area contributed by atoms with Crippen LogP contribution in [0.5, 0.6) is 0 Å². The summed E-state index contributed by atoms with van der Waals surface area (Å²) in [6.07, 6.45) is -0.797. The largest absolute Gasteiger partial charge is 0.453 e. The van der Waals surface area contributed by atoms with Crippen LogP contribution in [0.4, 0.5) is 20.6 Å². The van der Waals surface area contributed by atoms with Gasteiger partial charge in [0.2, 0.25) is 0 Å². The van der Waals surface area contributed by atoms with Crippen molar-refractivity contribution in [2.75, 3.05) is 17.7 Å². The van der Waals surface area contributed by atoms with E-state index in [1.165, 1.54) is 30.6 Å². The normalized spacial score (nSPS) is 10.3. The monoisotopic (exact) mass is 448 g/mol. The molecule has 0 saturated carbocycles. The Morgan fingerprint density at radius 1 is 1.04 bits per heavy atom. The van der Waals surface area contributed by atoms with Crippen LogP contribution in [0, 0.1) is 5.82 Å². The van der Waals surface area contributed by atoms with Crippen molar-refractivity contribution in [2.45, 2.75) is 0 Å². The molecular weight excluding hydrogens is 435 g/mol. The van der Waals surface area contributed by atoms with Gasteiger partial charge in [-0.15, -0.1) is 11.3 Å². The number of benzene rings is 2. The number of hydrogen-bond donors (Lipinski definition) is 2. The first-order valence-electron chi connectivity index (χ1n) is 7.78. The van der Waals surface area contributed by atoms with Gasteiger partial charge >= 0.3 is 6.09 Å². The first-order chi connectivity index (χ1) is 13.0. The third kappa shape index (κ3) is 4.72. The van der Waals surface area contributed by atoms with Gasteiger partial charge in [-0.25, -0.2) is 9.18 Å². The smallest absolute Gasteiger partial charge is 0.411 e. The van der Waals surface area contributed by atoms with Crippen molar-refractivity contribution < 1.29 is 18.7 Å². The lowest BCUT2D eigenvalue weighted by Crippen LogP contribution is -2.14. The molecule has 5 nitrogen and oxygen atoms in total. The highest BCUT2D eigenvalue weighted by molar-refractivity contribution is 9.10. The average molecular weight is 449 g/mol. The topological polar surface area (TPSA) is 67.4 Å². The van der Waals surface area contributed by atoms with Crippen molar-refractivity contribution in [3.63, 3.8) is 0 Å². The highest BCUT2D eigenvalue weighted by Crippen LogP contribution is 2.30. The number of carbonyl (C=O) groups excluding carboxylic acids is 2. The summed E-state index contributed by atoms with van der Waals surface area (Å²) in [6.45, 7) is 0. The molecular formula is C19H14BrFN2O3S. The van der Waals surface area contributed by atoms with Gasteiger partial charge in [-0.05, 0) is 48.0 Å². The second kappa shape index (κ2) is 8.32. The molecule has 138 valence electrons.